The number of rotatable bonds is 3. The van der Waals surface area contributed by atoms with Crippen LogP contribution < -0.4 is 5.32 Å². The van der Waals surface area contributed by atoms with E-state index in [1.54, 1.807) is 0 Å². The molecule has 0 radical (unpaired) electrons. The van der Waals surface area contributed by atoms with E-state index in [4.69, 9.17) is 0 Å². The maximum Gasteiger partial charge on any atom is 0.140 e. The highest BCUT2D eigenvalue weighted by Crippen LogP contribution is 2.30. The second-order valence-corrected chi connectivity index (χ2v) is 5.67. The van der Waals surface area contributed by atoms with E-state index in [9.17, 15) is 0 Å². The molecule has 1 fully saturated rings. The third-order valence-electron chi connectivity index (χ3n) is 3.45. The Balaban J connectivity index is 2.02. The highest BCUT2D eigenvalue weighted by atomic mass is 79.9. The number of nitrogens with one attached hydrogen (secondary N) is 1. The van der Waals surface area contributed by atoms with Crippen molar-refractivity contribution in [2.45, 2.75) is 45.6 Å². The fourth-order valence-corrected chi connectivity index (χ4v) is 3.01. The van der Waals surface area contributed by atoms with Crippen LogP contribution >= 0.6 is 15.9 Å². The van der Waals surface area contributed by atoms with Crippen LogP contribution in [-0.2, 0) is 0 Å². The Morgan fingerprint density at radius 2 is 2.12 bits per heavy atom. The van der Waals surface area contributed by atoms with Crippen LogP contribution in [0.5, 0.6) is 0 Å². The van der Waals surface area contributed by atoms with Gasteiger partial charge in [0.1, 0.15) is 5.82 Å². The molecule has 2 rings (SSSR count). The lowest BCUT2D eigenvalue weighted by Crippen LogP contribution is -2.24. The first-order valence-electron chi connectivity index (χ1n) is 6.05. The molecule has 1 aliphatic carbocycles. The zero-order valence-corrected chi connectivity index (χ0v) is 11.5. The summed E-state index contributed by atoms with van der Waals surface area (Å²) in [4.78, 5) is 4.43. The van der Waals surface area contributed by atoms with Crippen LogP contribution in [0.3, 0.4) is 0 Å². The zero-order chi connectivity index (χ0) is 11.5. The molecule has 1 N–H and O–H groups in total. The maximum atomic E-state index is 4.43. The smallest absolute Gasteiger partial charge is 0.140 e. The minimum Gasteiger partial charge on any atom is -0.366 e. The first-order chi connectivity index (χ1) is 7.66. The van der Waals surface area contributed by atoms with Crippen LogP contribution in [0.15, 0.2) is 16.7 Å². The van der Waals surface area contributed by atoms with E-state index in [-0.39, 0.29) is 0 Å². The fourth-order valence-electron chi connectivity index (χ4n) is 2.43. The Labute approximate surface area is 106 Å². The van der Waals surface area contributed by atoms with Gasteiger partial charge in [0.15, 0.2) is 0 Å². The molecule has 1 aromatic heterocycles. The summed E-state index contributed by atoms with van der Waals surface area (Å²) in [6.45, 7) is 4.33. The third-order valence-corrected chi connectivity index (χ3v) is 4.05. The highest BCUT2D eigenvalue weighted by Gasteiger charge is 2.21. The molecule has 0 spiro atoms. The lowest BCUT2D eigenvalue weighted by Gasteiger charge is -2.21. The molecule has 0 bridgehead atoms. The number of pyridine rings is 1. The van der Waals surface area contributed by atoms with E-state index in [1.807, 2.05) is 6.20 Å². The maximum absolute atomic E-state index is 4.43. The summed E-state index contributed by atoms with van der Waals surface area (Å²) < 4.78 is 1.07. The van der Waals surface area contributed by atoms with Crippen LogP contribution in [-0.4, -0.2) is 11.0 Å². The van der Waals surface area contributed by atoms with Gasteiger partial charge in [-0.05, 0) is 60.2 Å². The van der Waals surface area contributed by atoms with Crippen molar-refractivity contribution >= 4 is 21.7 Å². The van der Waals surface area contributed by atoms with E-state index in [0.29, 0.717) is 6.04 Å². The van der Waals surface area contributed by atoms with Gasteiger partial charge in [-0.2, -0.15) is 0 Å². The minimum absolute atomic E-state index is 0.522. The molecule has 1 aromatic rings. The number of aromatic nitrogens is 1. The SMILES string of the molecule is Cc1cnc(NC(C)C2CCCC2)c(Br)c1. The summed E-state index contributed by atoms with van der Waals surface area (Å²) in [6, 6.07) is 2.63. The first-order valence-corrected chi connectivity index (χ1v) is 6.85. The van der Waals surface area contributed by atoms with E-state index in [1.165, 1.54) is 31.2 Å². The first kappa shape index (κ1) is 11.9. The van der Waals surface area contributed by atoms with Gasteiger partial charge in [-0.1, -0.05) is 12.8 Å². The summed E-state index contributed by atoms with van der Waals surface area (Å²) in [7, 11) is 0. The average Bonchev–Trinajstić information content (AvgIpc) is 2.75. The lowest BCUT2D eigenvalue weighted by molar-refractivity contribution is 0.481. The van der Waals surface area contributed by atoms with E-state index in [0.717, 1.165) is 16.2 Å². The highest BCUT2D eigenvalue weighted by molar-refractivity contribution is 9.10. The van der Waals surface area contributed by atoms with Gasteiger partial charge in [-0.25, -0.2) is 4.98 Å². The van der Waals surface area contributed by atoms with Crippen molar-refractivity contribution in [3.05, 3.63) is 22.3 Å². The third kappa shape index (κ3) is 2.76. The molecule has 1 heterocycles. The molecule has 0 amide bonds. The number of anilines is 1. The molecule has 1 atom stereocenters. The Morgan fingerprint density at radius 1 is 1.44 bits per heavy atom. The number of nitrogens with zero attached hydrogens (tertiary/aromatic N) is 1. The van der Waals surface area contributed by atoms with Crippen molar-refractivity contribution < 1.29 is 0 Å². The van der Waals surface area contributed by atoms with Crippen LogP contribution in [0, 0.1) is 12.8 Å². The molecule has 0 saturated heterocycles. The van der Waals surface area contributed by atoms with Crippen LogP contribution in [0.1, 0.15) is 38.2 Å². The van der Waals surface area contributed by atoms with Gasteiger partial charge in [0.2, 0.25) is 0 Å². The predicted molar refractivity (Wildman–Crippen MR) is 71.7 cm³/mol. The lowest BCUT2D eigenvalue weighted by atomic mass is 10.00. The van der Waals surface area contributed by atoms with Gasteiger partial charge in [0.05, 0.1) is 4.47 Å². The van der Waals surface area contributed by atoms with Gasteiger partial charge < -0.3 is 5.32 Å². The fraction of sp³-hybridized carbons (Fsp3) is 0.615. The van der Waals surface area contributed by atoms with Gasteiger partial charge in [-0.15, -0.1) is 0 Å². The molecular formula is C13H19BrN2. The van der Waals surface area contributed by atoms with E-state index < -0.39 is 0 Å². The van der Waals surface area contributed by atoms with Crippen molar-refractivity contribution in [1.82, 2.24) is 4.98 Å². The number of hydrogen-bond acceptors (Lipinski definition) is 2. The van der Waals surface area contributed by atoms with Gasteiger partial charge >= 0.3 is 0 Å². The molecule has 0 aliphatic heterocycles. The molecular weight excluding hydrogens is 264 g/mol. The molecule has 0 aromatic carbocycles. The topological polar surface area (TPSA) is 24.9 Å². The number of hydrogen-bond donors (Lipinski definition) is 1. The van der Waals surface area contributed by atoms with Crippen molar-refractivity contribution in [3.8, 4) is 0 Å². The van der Waals surface area contributed by atoms with Crippen LogP contribution in [0.2, 0.25) is 0 Å². The Hall–Kier alpha value is -0.570. The normalized spacial score (nSPS) is 18.7. The Kier molecular flexibility index (Phi) is 3.85. The summed E-state index contributed by atoms with van der Waals surface area (Å²) in [5, 5.41) is 3.52. The number of halogens is 1. The zero-order valence-electron chi connectivity index (χ0n) is 9.96. The monoisotopic (exact) mass is 282 g/mol. The summed E-state index contributed by atoms with van der Waals surface area (Å²) in [5.74, 6) is 1.79. The second-order valence-electron chi connectivity index (χ2n) is 4.82. The molecule has 1 aliphatic rings. The molecule has 16 heavy (non-hydrogen) atoms. The molecule has 2 nitrogen and oxygen atoms in total. The van der Waals surface area contributed by atoms with E-state index in [2.05, 4.69) is 46.1 Å². The minimum atomic E-state index is 0.522. The van der Waals surface area contributed by atoms with Gasteiger partial charge in [0, 0.05) is 12.2 Å². The summed E-state index contributed by atoms with van der Waals surface area (Å²) in [5.41, 5.74) is 1.19. The average molecular weight is 283 g/mol. The van der Waals surface area contributed by atoms with Crippen molar-refractivity contribution in [2.75, 3.05) is 5.32 Å². The molecule has 3 heteroatoms. The summed E-state index contributed by atoms with van der Waals surface area (Å²) >= 11 is 3.56. The number of aryl methyl sites for hydroxylation is 1. The largest absolute Gasteiger partial charge is 0.366 e. The molecule has 88 valence electrons. The van der Waals surface area contributed by atoms with Crippen molar-refractivity contribution in [3.63, 3.8) is 0 Å². The standard InChI is InChI=1S/C13H19BrN2/c1-9-7-12(14)13(15-8-9)16-10(2)11-5-3-4-6-11/h7-8,10-11H,3-6H2,1-2H3,(H,15,16). The Bertz CT molecular complexity index is 359. The van der Waals surface area contributed by atoms with Gasteiger partial charge in [-0.3, -0.25) is 0 Å². The predicted octanol–water partition coefficient (Wildman–Crippen LogP) is 4.14. The Morgan fingerprint density at radius 3 is 2.75 bits per heavy atom. The van der Waals surface area contributed by atoms with Gasteiger partial charge in [0.25, 0.3) is 0 Å². The molecule has 1 unspecified atom stereocenters. The summed E-state index contributed by atoms with van der Waals surface area (Å²) in [6.07, 6.45) is 7.40. The van der Waals surface area contributed by atoms with E-state index >= 15 is 0 Å². The van der Waals surface area contributed by atoms with Crippen molar-refractivity contribution in [1.29, 1.82) is 0 Å². The molecule has 1 saturated carbocycles. The van der Waals surface area contributed by atoms with Crippen LogP contribution in [0.25, 0.3) is 0 Å². The second kappa shape index (κ2) is 5.17. The van der Waals surface area contributed by atoms with Crippen LogP contribution in [0.4, 0.5) is 5.82 Å². The quantitative estimate of drug-likeness (QED) is 0.901. The van der Waals surface area contributed by atoms with Crippen molar-refractivity contribution in [2.24, 2.45) is 5.92 Å².